The van der Waals surface area contributed by atoms with Crippen LogP contribution in [0, 0.1) is 0 Å². The lowest BCUT2D eigenvalue weighted by Crippen LogP contribution is -2.40. The minimum Gasteiger partial charge on any atom is -0.399 e. The number of likely N-dealkylation sites (N-methyl/N-ethyl adjacent to an activating group) is 1. The monoisotopic (exact) mass is 279 g/mol. The van der Waals surface area contributed by atoms with Crippen LogP contribution < -0.4 is 15.5 Å². The molecule has 1 aliphatic heterocycles. The second-order valence-corrected chi connectivity index (χ2v) is 6.12. The highest BCUT2D eigenvalue weighted by atomic mass is 15.3. The predicted octanol–water partition coefficient (Wildman–Crippen LogP) is 3.21. The van der Waals surface area contributed by atoms with Crippen LogP contribution in [0.5, 0.6) is 0 Å². The van der Waals surface area contributed by atoms with E-state index in [0.717, 1.165) is 25.2 Å². The molecule has 0 bridgehead atoms. The number of para-hydroxylation sites is 2. The van der Waals surface area contributed by atoms with Gasteiger partial charge in [0.15, 0.2) is 0 Å². The van der Waals surface area contributed by atoms with Crippen molar-refractivity contribution in [3.05, 3.63) is 53.6 Å². The van der Waals surface area contributed by atoms with Crippen molar-refractivity contribution in [2.75, 3.05) is 35.7 Å². The van der Waals surface area contributed by atoms with Crippen molar-refractivity contribution in [3.63, 3.8) is 0 Å². The van der Waals surface area contributed by atoms with Gasteiger partial charge in [-0.05, 0) is 48.2 Å². The van der Waals surface area contributed by atoms with E-state index in [-0.39, 0.29) is 0 Å². The summed E-state index contributed by atoms with van der Waals surface area (Å²) < 4.78 is 0. The molecule has 0 spiro atoms. The van der Waals surface area contributed by atoms with Gasteiger partial charge in [0.1, 0.15) is 0 Å². The third-order valence-electron chi connectivity index (χ3n) is 4.87. The van der Waals surface area contributed by atoms with Gasteiger partial charge < -0.3 is 15.5 Å². The molecule has 1 heterocycles. The molecule has 2 N–H and O–H groups in total. The third-order valence-corrected chi connectivity index (χ3v) is 4.87. The van der Waals surface area contributed by atoms with E-state index in [9.17, 15) is 0 Å². The lowest BCUT2D eigenvalue weighted by atomic mass is 10.0. The van der Waals surface area contributed by atoms with E-state index in [0.29, 0.717) is 6.04 Å². The number of fused-ring (bicyclic) bond motifs is 2. The summed E-state index contributed by atoms with van der Waals surface area (Å²) in [7, 11) is 2.18. The zero-order valence-electron chi connectivity index (χ0n) is 12.4. The Balaban J connectivity index is 1.75. The van der Waals surface area contributed by atoms with E-state index < -0.39 is 0 Å². The molecule has 1 unspecified atom stereocenters. The molecule has 1 aliphatic carbocycles. The van der Waals surface area contributed by atoms with E-state index in [1.54, 1.807) is 0 Å². The number of nitrogen functional groups attached to an aromatic ring is 1. The summed E-state index contributed by atoms with van der Waals surface area (Å²) in [5.41, 5.74) is 12.4. The van der Waals surface area contributed by atoms with Crippen molar-refractivity contribution in [3.8, 4) is 0 Å². The lowest BCUT2D eigenvalue weighted by Gasteiger charge is -2.40. The fraction of sp³-hybridized carbons (Fsp3) is 0.333. The van der Waals surface area contributed by atoms with Gasteiger partial charge in [0.05, 0.1) is 17.4 Å². The molecule has 0 saturated heterocycles. The van der Waals surface area contributed by atoms with Crippen molar-refractivity contribution in [2.45, 2.75) is 18.9 Å². The highest BCUT2D eigenvalue weighted by Gasteiger charge is 2.31. The van der Waals surface area contributed by atoms with Crippen LogP contribution >= 0.6 is 0 Å². The number of hydrogen-bond donors (Lipinski definition) is 1. The van der Waals surface area contributed by atoms with Crippen molar-refractivity contribution >= 4 is 17.1 Å². The van der Waals surface area contributed by atoms with Gasteiger partial charge in [-0.15, -0.1) is 0 Å². The normalized spacial score (nSPS) is 20.3. The SMILES string of the molecule is CN1CCN(C2CCc3cc(N)ccc32)c2ccccc21. The quantitative estimate of drug-likeness (QED) is 0.814. The summed E-state index contributed by atoms with van der Waals surface area (Å²) in [5.74, 6) is 0. The Labute approximate surface area is 126 Å². The molecule has 0 fully saturated rings. The standard InChI is InChI=1S/C18H21N3/c1-20-10-11-21(18-5-3-2-4-17(18)20)16-9-6-13-12-14(19)7-8-15(13)16/h2-5,7-8,12,16H,6,9-11,19H2,1H3. The van der Waals surface area contributed by atoms with E-state index in [4.69, 9.17) is 5.73 Å². The number of hydrogen-bond acceptors (Lipinski definition) is 3. The molecule has 2 aliphatic rings. The van der Waals surface area contributed by atoms with E-state index in [2.05, 4.69) is 53.2 Å². The molecule has 0 aromatic heterocycles. The molecular weight excluding hydrogens is 258 g/mol. The maximum atomic E-state index is 5.93. The zero-order valence-corrected chi connectivity index (χ0v) is 12.4. The van der Waals surface area contributed by atoms with Gasteiger partial charge in [-0.1, -0.05) is 18.2 Å². The van der Waals surface area contributed by atoms with Crippen LogP contribution in [0.25, 0.3) is 0 Å². The number of anilines is 3. The minimum atomic E-state index is 0.496. The minimum absolute atomic E-state index is 0.496. The van der Waals surface area contributed by atoms with E-state index >= 15 is 0 Å². The van der Waals surface area contributed by atoms with Crippen LogP contribution in [0.1, 0.15) is 23.6 Å². The summed E-state index contributed by atoms with van der Waals surface area (Å²) in [5, 5.41) is 0. The summed E-state index contributed by atoms with van der Waals surface area (Å²) >= 11 is 0. The predicted molar refractivity (Wildman–Crippen MR) is 89.0 cm³/mol. The molecular formula is C18H21N3. The summed E-state index contributed by atoms with van der Waals surface area (Å²) in [6.07, 6.45) is 2.33. The van der Waals surface area contributed by atoms with Crippen molar-refractivity contribution < 1.29 is 0 Å². The molecule has 0 radical (unpaired) electrons. The van der Waals surface area contributed by atoms with Crippen molar-refractivity contribution in [1.82, 2.24) is 0 Å². The number of nitrogens with two attached hydrogens (primary N) is 1. The van der Waals surface area contributed by atoms with Crippen LogP contribution in [-0.4, -0.2) is 20.1 Å². The molecule has 0 amide bonds. The van der Waals surface area contributed by atoms with Crippen LogP contribution in [-0.2, 0) is 6.42 Å². The van der Waals surface area contributed by atoms with Gasteiger partial charge in [0.25, 0.3) is 0 Å². The highest BCUT2D eigenvalue weighted by Crippen LogP contribution is 2.43. The summed E-state index contributed by atoms with van der Waals surface area (Å²) in [6, 6.07) is 15.7. The molecule has 3 nitrogen and oxygen atoms in total. The number of benzene rings is 2. The number of aryl methyl sites for hydroxylation is 1. The van der Waals surface area contributed by atoms with Gasteiger partial charge in [0, 0.05) is 25.8 Å². The van der Waals surface area contributed by atoms with Crippen LogP contribution in [0.2, 0.25) is 0 Å². The molecule has 0 saturated carbocycles. The Kier molecular flexibility index (Phi) is 2.81. The van der Waals surface area contributed by atoms with Crippen LogP contribution in [0.3, 0.4) is 0 Å². The highest BCUT2D eigenvalue weighted by molar-refractivity contribution is 5.74. The summed E-state index contributed by atoms with van der Waals surface area (Å²) in [6.45, 7) is 2.17. The van der Waals surface area contributed by atoms with Gasteiger partial charge >= 0.3 is 0 Å². The fourth-order valence-electron chi connectivity index (χ4n) is 3.79. The largest absolute Gasteiger partial charge is 0.399 e. The third kappa shape index (κ3) is 1.96. The van der Waals surface area contributed by atoms with Crippen molar-refractivity contribution in [2.24, 2.45) is 0 Å². The maximum Gasteiger partial charge on any atom is 0.0609 e. The summed E-state index contributed by atoms with van der Waals surface area (Å²) in [4.78, 5) is 4.93. The Bertz CT molecular complexity index is 680. The van der Waals surface area contributed by atoms with Crippen molar-refractivity contribution in [1.29, 1.82) is 0 Å². The molecule has 2 aromatic carbocycles. The first-order valence-corrected chi connectivity index (χ1v) is 7.69. The molecule has 1 atom stereocenters. The van der Waals surface area contributed by atoms with Gasteiger partial charge in [0.2, 0.25) is 0 Å². The first-order chi connectivity index (χ1) is 10.2. The number of rotatable bonds is 1. The number of nitrogens with zero attached hydrogens (tertiary/aromatic N) is 2. The molecule has 2 aromatic rings. The van der Waals surface area contributed by atoms with Crippen LogP contribution in [0.4, 0.5) is 17.1 Å². The van der Waals surface area contributed by atoms with Gasteiger partial charge in [-0.2, -0.15) is 0 Å². The second kappa shape index (κ2) is 4.69. The first kappa shape index (κ1) is 12.6. The maximum absolute atomic E-state index is 5.93. The first-order valence-electron chi connectivity index (χ1n) is 7.69. The lowest BCUT2D eigenvalue weighted by molar-refractivity contribution is 0.598. The molecule has 21 heavy (non-hydrogen) atoms. The topological polar surface area (TPSA) is 32.5 Å². The van der Waals surface area contributed by atoms with Gasteiger partial charge in [-0.25, -0.2) is 0 Å². The Morgan fingerprint density at radius 1 is 1.05 bits per heavy atom. The average molecular weight is 279 g/mol. The molecule has 4 rings (SSSR count). The average Bonchev–Trinajstić information content (AvgIpc) is 2.91. The Morgan fingerprint density at radius 3 is 2.71 bits per heavy atom. The molecule has 108 valence electrons. The second-order valence-electron chi connectivity index (χ2n) is 6.12. The Hall–Kier alpha value is -2.16. The van der Waals surface area contributed by atoms with E-state index in [1.165, 1.54) is 28.9 Å². The molecule has 3 heteroatoms. The smallest absolute Gasteiger partial charge is 0.0609 e. The van der Waals surface area contributed by atoms with Crippen LogP contribution in [0.15, 0.2) is 42.5 Å². The van der Waals surface area contributed by atoms with Gasteiger partial charge in [-0.3, -0.25) is 0 Å². The Morgan fingerprint density at radius 2 is 1.86 bits per heavy atom. The van der Waals surface area contributed by atoms with E-state index in [1.807, 2.05) is 6.07 Å². The zero-order chi connectivity index (χ0) is 14.4. The fourth-order valence-corrected chi connectivity index (χ4v) is 3.79.